The Balaban J connectivity index is 2.41. The number of carbonyl (C=O) groups excluding carboxylic acids is 1. The van der Waals surface area contributed by atoms with Gasteiger partial charge in [-0.3, -0.25) is 9.69 Å². The number of carbonyl (C=O) groups is 1. The highest BCUT2D eigenvalue weighted by Gasteiger charge is 2.29. The van der Waals surface area contributed by atoms with E-state index in [2.05, 4.69) is 4.74 Å². The number of hydrogen-bond acceptors (Lipinski definition) is 3. The summed E-state index contributed by atoms with van der Waals surface area (Å²) in [4.78, 5) is 13.1. The summed E-state index contributed by atoms with van der Waals surface area (Å²) >= 11 is 0. The normalized spacial score (nSPS) is 17.4. The molecule has 0 radical (unpaired) electrons. The van der Waals surface area contributed by atoms with E-state index in [4.69, 9.17) is 0 Å². The Morgan fingerprint density at radius 2 is 1.94 bits per heavy atom. The number of methoxy groups -OCH3 is 1. The molecule has 3 nitrogen and oxygen atoms in total. The lowest BCUT2D eigenvalue weighted by molar-refractivity contribution is -0.143. The summed E-state index contributed by atoms with van der Waals surface area (Å²) in [7, 11) is 1.30. The van der Waals surface area contributed by atoms with Crippen molar-refractivity contribution < 1.29 is 22.7 Å². The van der Waals surface area contributed by atoms with Crippen LogP contribution in [0.3, 0.4) is 0 Å². The van der Waals surface area contributed by atoms with Crippen LogP contribution in [0, 0.1) is 0 Å². The molecule has 1 rings (SSSR count). The third kappa shape index (κ3) is 5.71. The second kappa shape index (κ2) is 6.97. The van der Waals surface area contributed by atoms with Gasteiger partial charge in [-0.1, -0.05) is 12.8 Å². The molecule has 0 aromatic carbocycles. The first-order chi connectivity index (χ1) is 8.42. The Morgan fingerprint density at radius 1 is 1.33 bits per heavy atom. The molecule has 0 atom stereocenters. The van der Waals surface area contributed by atoms with Crippen LogP contribution in [0.25, 0.3) is 0 Å². The highest BCUT2D eigenvalue weighted by atomic mass is 19.4. The molecule has 0 bridgehead atoms. The summed E-state index contributed by atoms with van der Waals surface area (Å²) < 4.78 is 40.9. The second-order valence-corrected chi connectivity index (χ2v) is 4.70. The predicted molar refractivity (Wildman–Crippen MR) is 61.1 cm³/mol. The zero-order chi connectivity index (χ0) is 13.6. The monoisotopic (exact) mass is 267 g/mol. The van der Waals surface area contributed by atoms with E-state index in [0.717, 1.165) is 25.7 Å². The maximum Gasteiger partial charge on any atom is 0.389 e. The summed E-state index contributed by atoms with van der Waals surface area (Å²) in [6.07, 6.45) is -0.782. The van der Waals surface area contributed by atoms with Gasteiger partial charge in [-0.15, -0.1) is 0 Å². The Morgan fingerprint density at radius 3 is 2.44 bits per heavy atom. The molecule has 0 heterocycles. The van der Waals surface area contributed by atoms with Crippen LogP contribution in [0.5, 0.6) is 0 Å². The highest BCUT2D eigenvalue weighted by molar-refractivity contribution is 5.71. The van der Waals surface area contributed by atoms with E-state index < -0.39 is 12.6 Å². The van der Waals surface area contributed by atoms with Crippen molar-refractivity contribution in [1.29, 1.82) is 0 Å². The van der Waals surface area contributed by atoms with Crippen LogP contribution in [-0.2, 0) is 9.53 Å². The van der Waals surface area contributed by atoms with E-state index in [-0.39, 0.29) is 25.0 Å². The van der Waals surface area contributed by atoms with Gasteiger partial charge in [-0.2, -0.15) is 13.2 Å². The van der Waals surface area contributed by atoms with E-state index in [1.807, 2.05) is 4.90 Å². The Hall–Kier alpha value is -0.780. The first-order valence-corrected chi connectivity index (χ1v) is 6.30. The van der Waals surface area contributed by atoms with Crippen LogP contribution in [0.2, 0.25) is 0 Å². The minimum Gasteiger partial charge on any atom is -0.468 e. The molecule has 0 unspecified atom stereocenters. The van der Waals surface area contributed by atoms with Crippen LogP contribution >= 0.6 is 0 Å². The van der Waals surface area contributed by atoms with Gasteiger partial charge in [0.1, 0.15) is 0 Å². The SMILES string of the molecule is COC(=O)CN(CCCC(F)(F)F)C1CCCC1. The molecule has 0 aliphatic heterocycles. The summed E-state index contributed by atoms with van der Waals surface area (Å²) in [5, 5.41) is 0. The molecular formula is C12H20F3NO2. The topological polar surface area (TPSA) is 29.5 Å². The Kier molecular flexibility index (Phi) is 5.91. The lowest BCUT2D eigenvalue weighted by Crippen LogP contribution is -2.39. The zero-order valence-corrected chi connectivity index (χ0v) is 10.6. The molecule has 0 saturated heterocycles. The largest absolute Gasteiger partial charge is 0.468 e. The number of rotatable bonds is 6. The molecule has 106 valence electrons. The second-order valence-electron chi connectivity index (χ2n) is 4.70. The first-order valence-electron chi connectivity index (χ1n) is 6.30. The standard InChI is InChI=1S/C12H20F3NO2/c1-18-11(17)9-16(10-5-2-3-6-10)8-4-7-12(13,14)15/h10H,2-9H2,1H3. The molecule has 18 heavy (non-hydrogen) atoms. The zero-order valence-electron chi connectivity index (χ0n) is 10.6. The number of ether oxygens (including phenoxy) is 1. The maximum absolute atomic E-state index is 12.1. The summed E-state index contributed by atoms with van der Waals surface area (Å²) in [6, 6.07) is 0.234. The highest BCUT2D eigenvalue weighted by Crippen LogP contribution is 2.25. The minimum atomic E-state index is -4.12. The van der Waals surface area contributed by atoms with Crippen LogP contribution in [0.15, 0.2) is 0 Å². The Bertz CT molecular complexity index is 263. The van der Waals surface area contributed by atoms with Gasteiger partial charge in [-0.25, -0.2) is 0 Å². The van der Waals surface area contributed by atoms with Gasteiger partial charge in [-0.05, 0) is 25.8 Å². The van der Waals surface area contributed by atoms with Crippen molar-refractivity contribution in [3.63, 3.8) is 0 Å². The number of halogens is 3. The van der Waals surface area contributed by atoms with Crippen molar-refractivity contribution in [3.05, 3.63) is 0 Å². The van der Waals surface area contributed by atoms with Crippen molar-refractivity contribution in [1.82, 2.24) is 4.90 Å². The third-order valence-corrected chi connectivity index (χ3v) is 3.31. The average Bonchev–Trinajstić information content (AvgIpc) is 2.79. The fraction of sp³-hybridized carbons (Fsp3) is 0.917. The van der Waals surface area contributed by atoms with Gasteiger partial charge in [0.15, 0.2) is 0 Å². The van der Waals surface area contributed by atoms with Crippen molar-refractivity contribution in [2.45, 2.75) is 50.7 Å². The van der Waals surface area contributed by atoms with Gasteiger partial charge < -0.3 is 4.74 Å². The van der Waals surface area contributed by atoms with E-state index in [9.17, 15) is 18.0 Å². The van der Waals surface area contributed by atoms with E-state index >= 15 is 0 Å². The van der Waals surface area contributed by atoms with Crippen LogP contribution < -0.4 is 0 Å². The third-order valence-electron chi connectivity index (χ3n) is 3.31. The molecule has 0 aromatic heterocycles. The van der Waals surface area contributed by atoms with Gasteiger partial charge in [0, 0.05) is 12.5 Å². The van der Waals surface area contributed by atoms with Crippen molar-refractivity contribution in [2.75, 3.05) is 20.2 Å². The van der Waals surface area contributed by atoms with Crippen LogP contribution in [0.4, 0.5) is 13.2 Å². The van der Waals surface area contributed by atoms with E-state index in [1.54, 1.807) is 0 Å². The summed E-state index contributed by atoms with van der Waals surface area (Å²) in [6.45, 7) is 0.401. The minimum absolute atomic E-state index is 0.0387. The fourth-order valence-corrected chi connectivity index (χ4v) is 2.37. The number of nitrogens with zero attached hydrogens (tertiary/aromatic N) is 1. The lowest BCUT2D eigenvalue weighted by atomic mass is 10.2. The van der Waals surface area contributed by atoms with Crippen LogP contribution in [0.1, 0.15) is 38.5 Å². The number of alkyl halides is 3. The molecule has 0 spiro atoms. The van der Waals surface area contributed by atoms with Crippen LogP contribution in [-0.4, -0.2) is 43.3 Å². The fourth-order valence-electron chi connectivity index (χ4n) is 2.37. The maximum atomic E-state index is 12.1. The molecule has 0 aromatic rings. The summed E-state index contributed by atoms with van der Waals surface area (Å²) in [5.41, 5.74) is 0. The van der Waals surface area contributed by atoms with Crippen molar-refractivity contribution >= 4 is 5.97 Å². The molecule has 0 N–H and O–H groups in total. The predicted octanol–water partition coefficient (Wildman–Crippen LogP) is 2.75. The van der Waals surface area contributed by atoms with E-state index in [0.29, 0.717) is 6.54 Å². The number of hydrogen-bond donors (Lipinski definition) is 0. The summed E-state index contributed by atoms with van der Waals surface area (Å²) in [5.74, 6) is -0.381. The van der Waals surface area contributed by atoms with E-state index in [1.165, 1.54) is 7.11 Å². The molecule has 1 saturated carbocycles. The number of esters is 1. The quantitative estimate of drug-likeness (QED) is 0.693. The van der Waals surface area contributed by atoms with Gasteiger partial charge in [0.05, 0.1) is 13.7 Å². The molecule has 6 heteroatoms. The van der Waals surface area contributed by atoms with Gasteiger partial charge in [0.25, 0.3) is 0 Å². The smallest absolute Gasteiger partial charge is 0.389 e. The lowest BCUT2D eigenvalue weighted by Gasteiger charge is -2.27. The first kappa shape index (κ1) is 15.3. The van der Waals surface area contributed by atoms with Crippen molar-refractivity contribution in [3.8, 4) is 0 Å². The van der Waals surface area contributed by atoms with Gasteiger partial charge in [0.2, 0.25) is 0 Å². The molecular weight excluding hydrogens is 247 g/mol. The van der Waals surface area contributed by atoms with Crippen molar-refractivity contribution in [2.24, 2.45) is 0 Å². The average molecular weight is 267 g/mol. The van der Waals surface area contributed by atoms with Gasteiger partial charge >= 0.3 is 12.1 Å². The Labute approximate surface area is 105 Å². The molecule has 1 aliphatic carbocycles. The molecule has 0 amide bonds. The molecule has 1 fully saturated rings. The molecule has 1 aliphatic rings.